The van der Waals surface area contributed by atoms with Crippen molar-refractivity contribution in [3.63, 3.8) is 0 Å². The van der Waals surface area contributed by atoms with Crippen molar-refractivity contribution in [3.05, 3.63) is 0 Å². The molecule has 7 nitrogen and oxygen atoms in total. The third-order valence-electron chi connectivity index (χ3n) is 3.25. The molecule has 0 heterocycles. The maximum Gasteiger partial charge on any atom is 0.326 e. The Labute approximate surface area is 111 Å². The molecule has 0 aromatic rings. The first-order valence-corrected chi connectivity index (χ1v) is 6.40. The molecule has 0 aromatic carbocycles. The fourth-order valence-electron chi connectivity index (χ4n) is 2.33. The van der Waals surface area contributed by atoms with Gasteiger partial charge in [-0.2, -0.15) is 0 Å². The maximum atomic E-state index is 11.6. The van der Waals surface area contributed by atoms with E-state index in [4.69, 9.17) is 10.2 Å². The highest BCUT2D eigenvalue weighted by atomic mass is 16.4. The third-order valence-corrected chi connectivity index (χ3v) is 3.25. The molecule has 1 aliphatic rings. The topological polar surface area (TPSA) is 116 Å². The second kappa shape index (κ2) is 6.96. The zero-order valence-corrected chi connectivity index (χ0v) is 10.9. The van der Waals surface area contributed by atoms with Crippen molar-refractivity contribution in [1.29, 1.82) is 0 Å². The number of amides is 2. The van der Waals surface area contributed by atoms with Crippen molar-refractivity contribution in [3.8, 4) is 0 Å². The van der Waals surface area contributed by atoms with Crippen LogP contribution in [0.1, 0.15) is 39.0 Å². The smallest absolute Gasteiger partial charge is 0.326 e. The molecule has 19 heavy (non-hydrogen) atoms. The van der Waals surface area contributed by atoms with Crippen LogP contribution >= 0.6 is 0 Å². The molecule has 0 aromatic heterocycles. The molecule has 1 saturated carbocycles. The molecular formula is C12H20N2O5. The van der Waals surface area contributed by atoms with Crippen molar-refractivity contribution in [1.82, 2.24) is 10.6 Å². The number of carbonyl (C=O) groups excluding carboxylic acids is 1. The van der Waals surface area contributed by atoms with Gasteiger partial charge in [-0.15, -0.1) is 0 Å². The molecule has 1 fully saturated rings. The first-order valence-electron chi connectivity index (χ1n) is 6.40. The lowest BCUT2D eigenvalue weighted by atomic mass is 9.87. The van der Waals surface area contributed by atoms with Crippen LogP contribution in [0, 0.1) is 5.92 Å². The van der Waals surface area contributed by atoms with Crippen LogP contribution in [0.3, 0.4) is 0 Å². The van der Waals surface area contributed by atoms with E-state index in [1.54, 1.807) is 0 Å². The SMILES string of the molecule is CC1CCCC(NC(=O)NC(CC(=O)O)C(=O)O)C1. The fraction of sp³-hybridized carbons (Fsp3) is 0.750. The summed E-state index contributed by atoms with van der Waals surface area (Å²) in [5.41, 5.74) is 0. The molecular weight excluding hydrogens is 252 g/mol. The lowest BCUT2D eigenvalue weighted by Gasteiger charge is -2.27. The number of nitrogens with one attached hydrogen (secondary N) is 2. The van der Waals surface area contributed by atoms with Crippen LogP contribution in [0.4, 0.5) is 4.79 Å². The Morgan fingerprint density at radius 1 is 1.26 bits per heavy atom. The van der Waals surface area contributed by atoms with Gasteiger partial charge < -0.3 is 20.8 Å². The predicted molar refractivity (Wildman–Crippen MR) is 66.8 cm³/mol. The van der Waals surface area contributed by atoms with Crippen molar-refractivity contribution >= 4 is 18.0 Å². The third kappa shape index (κ3) is 5.58. The number of carboxylic acids is 2. The Hall–Kier alpha value is -1.79. The summed E-state index contributed by atoms with van der Waals surface area (Å²) in [5, 5.41) is 22.3. The van der Waals surface area contributed by atoms with Gasteiger partial charge in [0.2, 0.25) is 0 Å². The van der Waals surface area contributed by atoms with E-state index in [0.717, 1.165) is 25.7 Å². The van der Waals surface area contributed by atoms with E-state index < -0.39 is 30.4 Å². The zero-order valence-electron chi connectivity index (χ0n) is 10.9. The molecule has 0 aliphatic heterocycles. The lowest BCUT2D eigenvalue weighted by Crippen LogP contribution is -2.50. The Kier molecular flexibility index (Phi) is 5.59. The summed E-state index contributed by atoms with van der Waals surface area (Å²) in [6.45, 7) is 2.11. The van der Waals surface area contributed by atoms with Gasteiger partial charge in [0.15, 0.2) is 0 Å². The van der Waals surface area contributed by atoms with Crippen LogP contribution in [0.25, 0.3) is 0 Å². The summed E-state index contributed by atoms with van der Waals surface area (Å²) in [6, 6.07) is -1.99. The Bertz CT molecular complexity index is 358. The Morgan fingerprint density at radius 2 is 1.95 bits per heavy atom. The number of carbonyl (C=O) groups is 3. The number of urea groups is 1. The number of carboxylic acid groups (broad SMARTS) is 2. The average molecular weight is 272 g/mol. The van der Waals surface area contributed by atoms with Gasteiger partial charge in [-0.1, -0.05) is 19.8 Å². The van der Waals surface area contributed by atoms with Crippen LogP contribution in [0.5, 0.6) is 0 Å². The van der Waals surface area contributed by atoms with Gasteiger partial charge in [0.1, 0.15) is 6.04 Å². The molecule has 0 bridgehead atoms. The standard InChI is InChI=1S/C12H20N2O5/c1-7-3-2-4-8(5-7)13-12(19)14-9(11(17)18)6-10(15)16/h7-9H,2-6H2,1H3,(H,15,16)(H,17,18)(H2,13,14,19). The molecule has 2 amide bonds. The van der Waals surface area contributed by atoms with Gasteiger partial charge >= 0.3 is 18.0 Å². The number of hydrogen-bond acceptors (Lipinski definition) is 3. The molecule has 4 N–H and O–H groups in total. The first-order chi connectivity index (χ1) is 8.88. The van der Waals surface area contributed by atoms with Crippen LogP contribution in [-0.4, -0.2) is 40.3 Å². The van der Waals surface area contributed by atoms with E-state index in [2.05, 4.69) is 17.6 Å². The van der Waals surface area contributed by atoms with E-state index in [0.29, 0.717) is 5.92 Å². The normalized spacial score (nSPS) is 24.3. The highest BCUT2D eigenvalue weighted by Crippen LogP contribution is 2.23. The number of rotatable bonds is 5. The second-order valence-electron chi connectivity index (χ2n) is 5.08. The zero-order chi connectivity index (χ0) is 14.4. The number of aliphatic carboxylic acids is 2. The van der Waals surface area contributed by atoms with Gasteiger partial charge in [0, 0.05) is 6.04 Å². The molecule has 0 radical (unpaired) electrons. The van der Waals surface area contributed by atoms with Crippen molar-refractivity contribution in [2.24, 2.45) is 5.92 Å². The van der Waals surface area contributed by atoms with E-state index in [1.807, 2.05) is 0 Å². The molecule has 3 unspecified atom stereocenters. The Balaban J connectivity index is 2.43. The van der Waals surface area contributed by atoms with Gasteiger partial charge in [-0.25, -0.2) is 9.59 Å². The molecule has 7 heteroatoms. The number of hydrogen-bond donors (Lipinski definition) is 4. The van der Waals surface area contributed by atoms with Crippen LogP contribution < -0.4 is 10.6 Å². The highest BCUT2D eigenvalue weighted by molar-refractivity contribution is 5.86. The summed E-state index contributed by atoms with van der Waals surface area (Å²) >= 11 is 0. The predicted octanol–water partition coefficient (Wildman–Crippen LogP) is 0.792. The second-order valence-corrected chi connectivity index (χ2v) is 5.08. The van der Waals surface area contributed by atoms with Crippen LogP contribution in [-0.2, 0) is 9.59 Å². The van der Waals surface area contributed by atoms with Crippen molar-refractivity contribution in [2.45, 2.75) is 51.1 Å². The summed E-state index contributed by atoms with van der Waals surface area (Å²) in [5.74, 6) is -2.08. The van der Waals surface area contributed by atoms with Gasteiger partial charge in [-0.3, -0.25) is 4.79 Å². The van der Waals surface area contributed by atoms with Gasteiger partial charge in [-0.05, 0) is 18.8 Å². The molecule has 0 saturated heterocycles. The first kappa shape index (κ1) is 15.3. The Morgan fingerprint density at radius 3 is 2.47 bits per heavy atom. The summed E-state index contributed by atoms with van der Waals surface area (Å²) in [6.07, 6.45) is 3.27. The molecule has 1 aliphatic carbocycles. The van der Waals surface area contributed by atoms with Gasteiger partial charge in [0.05, 0.1) is 6.42 Å². The molecule has 0 spiro atoms. The van der Waals surface area contributed by atoms with E-state index in [-0.39, 0.29) is 6.04 Å². The largest absolute Gasteiger partial charge is 0.481 e. The minimum absolute atomic E-state index is 0.0306. The highest BCUT2D eigenvalue weighted by Gasteiger charge is 2.25. The van der Waals surface area contributed by atoms with Crippen LogP contribution in [0.15, 0.2) is 0 Å². The summed E-state index contributed by atoms with van der Waals surface area (Å²) < 4.78 is 0. The quantitative estimate of drug-likeness (QED) is 0.590. The molecule has 108 valence electrons. The van der Waals surface area contributed by atoms with E-state index in [1.165, 1.54) is 0 Å². The molecule has 3 atom stereocenters. The maximum absolute atomic E-state index is 11.6. The molecule has 1 rings (SSSR count). The summed E-state index contributed by atoms with van der Waals surface area (Å²) in [4.78, 5) is 32.9. The van der Waals surface area contributed by atoms with E-state index in [9.17, 15) is 14.4 Å². The minimum atomic E-state index is -1.40. The average Bonchev–Trinajstić information content (AvgIpc) is 2.27. The van der Waals surface area contributed by atoms with Gasteiger partial charge in [0.25, 0.3) is 0 Å². The van der Waals surface area contributed by atoms with Crippen LogP contribution in [0.2, 0.25) is 0 Å². The minimum Gasteiger partial charge on any atom is -0.481 e. The van der Waals surface area contributed by atoms with Crippen molar-refractivity contribution in [2.75, 3.05) is 0 Å². The van der Waals surface area contributed by atoms with Crippen molar-refractivity contribution < 1.29 is 24.6 Å². The van der Waals surface area contributed by atoms with E-state index >= 15 is 0 Å². The summed E-state index contributed by atoms with van der Waals surface area (Å²) in [7, 11) is 0. The fourth-order valence-corrected chi connectivity index (χ4v) is 2.33. The lowest BCUT2D eigenvalue weighted by molar-refractivity contribution is -0.145. The monoisotopic (exact) mass is 272 g/mol.